The molecule has 0 aliphatic carbocycles. The van der Waals surface area contributed by atoms with Gasteiger partial charge in [0, 0.05) is 39.0 Å². The summed E-state index contributed by atoms with van der Waals surface area (Å²) in [6.07, 6.45) is 3.53. The van der Waals surface area contributed by atoms with Crippen molar-refractivity contribution in [3.63, 3.8) is 0 Å². The van der Waals surface area contributed by atoms with Crippen LogP contribution in [0, 0.1) is 5.92 Å². The smallest absolute Gasteiger partial charge is 0.177 e. The SMILES string of the molecule is CS(=O)(=O)c1ccccc1N1CCC(CN2CCOCC2)CC1. The van der Waals surface area contributed by atoms with Gasteiger partial charge in [-0.25, -0.2) is 8.42 Å². The molecule has 0 N–H and O–H groups in total. The van der Waals surface area contributed by atoms with Crippen molar-refractivity contribution < 1.29 is 13.2 Å². The number of rotatable bonds is 4. The lowest BCUT2D eigenvalue weighted by atomic mass is 9.95. The van der Waals surface area contributed by atoms with Crippen LogP contribution in [0.2, 0.25) is 0 Å². The Morgan fingerprint density at radius 2 is 1.74 bits per heavy atom. The van der Waals surface area contributed by atoms with Crippen LogP contribution in [0.1, 0.15) is 12.8 Å². The Morgan fingerprint density at radius 1 is 1.09 bits per heavy atom. The summed E-state index contributed by atoms with van der Waals surface area (Å²) < 4.78 is 29.4. The summed E-state index contributed by atoms with van der Waals surface area (Å²) >= 11 is 0. The van der Waals surface area contributed by atoms with Gasteiger partial charge in [-0.1, -0.05) is 12.1 Å². The van der Waals surface area contributed by atoms with Gasteiger partial charge in [0.2, 0.25) is 0 Å². The molecule has 2 saturated heterocycles. The van der Waals surface area contributed by atoms with Crippen LogP contribution in [0.4, 0.5) is 5.69 Å². The summed E-state index contributed by atoms with van der Waals surface area (Å²) in [6, 6.07) is 7.36. The molecule has 2 aliphatic rings. The first-order chi connectivity index (χ1) is 11.0. The number of anilines is 1. The zero-order chi connectivity index (χ0) is 16.3. The predicted molar refractivity (Wildman–Crippen MR) is 91.7 cm³/mol. The summed E-state index contributed by atoms with van der Waals surface area (Å²) in [5.74, 6) is 0.703. The van der Waals surface area contributed by atoms with E-state index in [0.29, 0.717) is 10.8 Å². The van der Waals surface area contributed by atoms with E-state index in [-0.39, 0.29) is 0 Å². The third-order valence-electron chi connectivity index (χ3n) is 4.84. The van der Waals surface area contributed by atoms with E-state index in [1.165, 1.54) is 6.26 Å². The Labute approximate surface area is 139 Å². The molecule has 2 fully saturated rings. The molecule has 0 spiro atoms. The summed E-state index contributed by atoms with van der Waals surface area (Å²) in [6.45, 7) is 6.78. The Balaban J connectivity index is 1.61. The van der Waals surface area contributed by atoms with Crippen LogP contribution < -0.4 is 4.90 Å². The van der Waals surface area contributed by atoms with Gasteiger partial charge >= 0.3 is 0 Å². The van der Waals surface area contributed by atoms with Gasteiger partial charge in [0.15, 0.2) is 9.84 Å². The summed E-state index contributed by atoms with van der Waals surface area (Å²) in [5.41, 5.74) is 0.861. The highest BCUT2D eigenvalue weighted by Gasteiger charge is 2.25. The van der Waals surface area contributed by atoms with Gasteiger partial charge in [-0.3, -0.25) is 4.90 Å². The lowest BCUT2D eigenvalue weighted by Crippen LogP contribution is -2.43. The fourth-order valence-electron chi connectivity index (χ4n) is 3.54. The molecule has 0 bridgehead atoms. The van der Waals surface area contributed by atoms with Crippen molar-refractivity contribution in [1.82, 2.24) is 4.90 Å². The van der Waals surface area contributed by atoms with E-state index in [0.717, 1.165) is 64.5 Å². The van der Waals surface area contributed by atoms with E-state index in [1.807, 2.05) is 12.1 Å². The van der Waals surface area contributed by atoms with E-state index in [9.17, 15) is 8.42 Å². The van der Waals surface area contributed by atoms with Gasteiger partial charge in [-0.15, -0.1) is 0 Å². The van der Waals surface area contributed by atoms with Crippen LogP contribution in [0.15, 0.2) is 29.2 Å². The number of benzene rings is 1. The molecule has 23 heavy (non-hydrogen) atoms. The standard InChI is InChI=1S/C17H26N2O3S/c1-23(20,21)17-5-3-2-4-16(17)19-8-6-15(7-9-19)14-18-10-12-22-13-11-18/h2-5,15H,6-14H2,1H3. The summed E-state index contributed by atoms with van der Waals surface area (Å²) in [7, 11) is -3.18. The van der Waals surface area contributed by atoms with E-state index >= 15 is 0 Å². The molecule has 6 heteroatoms. The fourth-order valence-corrected chi connectivity index (χ4v) is 4.44. The maximum absolute atomic E-state index is 12.0. The average Bonchev–Trinajstić information content (AvgIpc) is 2.56. The number of piperidine rings is 1. The van der Waals surface area contributed by atoms with Crippen LogP contribution in [-0.4, -0.2) is 65.5 Å². The highest BCUT2D eigenvalue weighted by molar-refractivity contribution is 7.90. The van der Waals surface area contributed by atoms with Crippen LogP contribution >= 0.6 is 0 Å². The fraction of sp³-hybridized carbons (Fsp3) is 0.647. The topological polar surface area (TPSA) is 49.9 Å². The third kappa shape index (κ3) is 4.25. The molecule has 0 saturated carbocycles. The summed E-state index contributed by atoms with van der Waals surface area (Å²) in [5, 5.41) is 0. The molecule has 1 aromatic rings. The van der Waals surface area contributed by atoms with Crippen LogP contribution in [0.25, 0.3) is 0 Å². The zero-order valence-electron chi connectivity index (χ0n) is 13.8. The second-order valence-electron chi connectivity index (χ2n) is 6.58. The van der Waals surface area contributed by atoms with Crippen molar-refractivity contribution in [2.45, 2.75) is 17.7 Å². The Bertz CT molecular complexity index is 618. The van der Waals surface area contributed by atoms with Crippen LogP contribution in [0.3, 0.4) is 0 Å². The second kappa shape index (κ2) is 7.20. The number of morpholine rings is 1. The van der Waals surface area contributed by atoms with Crippen molar-refractivity contribution >= 4 is 15.5 Å². The number of hydrogen-bond acceptors (Lipinski definition) is 5. The van der Waals surface area contributed by atoms with Crippen molar-refractivity contribution in [2.24, 2.45) is 5.92 Å². The quantitative estimate of drug-likeness (QED) is 0.835. The number of sulfone groups is 1. The molecule has 5 nitrogen and oxygen atoms in total. The predicted octanol–water partition coefficient (Wildman–Crippen LogP) is 1.64. The average molecular weight is 338 g/mol. The molecule has 0 unspecified atom stereocenters. The molecule has 1 aromatic carbocycles. The highest BCUT2D eigenvalue weighted by Crippen LogP contribution is 2.29. The molecule has 0 amide bonds. The first-order valence-corrected chi connectivity index (χ1v) is 10.3. The van der Waals surface area contributed by atoms with Gasteiger partial charge in [0.05, 0.1) is 23.8 Å². The van der Waals surface area contributed by atoms with Crippen molar-refractivity contribution in [1.29, 1.82) is 0 Å². The Hall–Kier alpha value is -1.11. The van der Waals surface area contributed by atoms with E-state index in [1.54, 1.807) is 12.1 Å². The molecular formula is C17H26N2O3S. The first kappa shape index (κ1) is 16.7. The minimum atomic E-state index is -3.18. The minimum Gasteiger partial charge on any atom is -0.379 e. The van der Waals surface area contributed by atoms with Gasteiger partial charge in [0.1, 0.15) is 0 Å². The molecule has 128 valence electrons. The van der Waals surface area contributed by atoms with E-state index in [4.69, 9.17) is 4.74 Å². The molecule has 0 atom stereocenters. The monoisotopic (exact) mass is 338 g/mol. The molecular weight excluding hydrogens is 312 g/mol. The number of nitrogens with zero attached hydrogens (tertiary/aromatic N) is 2. The minimum absolute atomic E-state index is 0.451. The normalized spacial score (nSPS) is 21.5. The molecule has 0 aromatic heterocycles. The van der Waals surface area contributed by atoms with Gasteiger partial charge in [-0.05, 0) is 30.9 Å². The Kier molecular flexibility index (Phi) is 5.24. The molecule has 2 heterocycles. The number of hydrogen-bond donors (Lipinski definition) is 0. The molecule has 3 rings (SSSR count). The first-order valence-electron chi connectivity index (χ1n) is 8.38. The van der Waals surface area contributed by atoms with E-state index < -0.39 is 9.84 Å². The lowest BCUT2D eigenvalue weighted by molar-refractivity contribution is 0.0289. The number of para-hydroxylation sites is 1. The van der Waals surface area contributed by atoms with Crippen molar-refractivity contribution in [3.05, 3.63) is 24.3 Å². The van der Waals surface area contributed by atoms with Crippen LogP contribution in [0.5, 0.6) is 0 Å². The van der Waals surface area contributed by atoms with Gasteiger partial charge < -0.3 is 9.64 Å². The van der Waals surface area contributed by atoms with Gasteiger partial charge in [-0.2, -0.15) is 0 Å². The van der Waals surface area contributed by atoms with Crippen molar-refractivity contribution in [3.8, 4) is 0 Å². The third-order valence-corrected chi connectivity index (χ3v) is 5.98. The summed E-state index contributed by atoms with van der Waals surface area (Å²) in [4.78, 5) is 5.17. The molecule has 0 radical (unpaired) electrons. The highest BCUT2D eigenvalue weighted by atomic mass is 32.2. The van der Waals surface area contributed by atoms with Crippen molar-refractivity contribution in [2.75, 3.05) is 57.1 Å². The zero-order valence-corrected chi connectivity index (χ0v) is 14.6. The maximum atomic E-state index is 12.0. The Morgan fingerprint density at radius 3 is 2.39 bits per heavy atom. The number of ether oxygens (including phenoxy) is 1. The molecule has 2 aliphatic heterocycles. The maximum Gasteiger partial charge on any atom is 0.177 e. The lowest BCUT2D eigenvalue weighted by Gasteiger charge is -2.37. The van der Waals surface area contributed by atoms with E-state index in [2.05, 4.69) is 9.80 Å². The van der Waals surface area contributed by atoms with Gasteiger partial charge in [0.25, 0.3) is 0 Å². The largest absolute Gasteiger partial charge is 0.379 e. The second-order valence-corrected chi connectivity index (χ2v) is 8.57. The van der Waals surface area contributed by atoms with Crippen LogP contribution in [-0.2, 0) is 14.6 Å².